The van der Waals surface area contributed by atoms with Crippen LogP contribution in [0.25, 0.3) is 16.9 Å². The smallest absolute Gasteiger partial charge is 0.416 e. The van der Waals surface area contributed by atoms with Gasteiger partial charge in [-0.3, -0.25) is 9.69 Å². The summed E-state index contributed by atoms with van der Waals surface area (Å²) in [5, 5.41) is 21.8. The zero-order chi connectivity index (χ0) is 31.1. The number of aromatic amines is 1. The molecule has 5 heterocycles. The zero-order valence-corrected chi connectivity index (χ0v) is 24.2. The van der Waals surface area contributed by atoms with E-state index in [-0.39, 0.29) is 30.0 Å². The van der Waals surface area contributed by atoms with E-state index < -0.39 is 11.7 Å². The summed E-state index contributed by atoms with van der Waals surface area (Å²) >= 11 is 0. The topological polar surface area (TPSA) is 132 Å². The molecule has 4 aromatic rings. The number of alkyl halides is 3. The van der Waals surface area contributed by atoms with E-state index in [1.54, 1.807) is 18.6 Å². The molecule has 1 saturated carbocycles. The molecule has 2 aliphatic heterocycles. The fourth-order valence-corrected chi connectivity index (χ4v) is 6.74. The molecule has 1 spiro atoms. The molecular formula is C30H34F3N7O4. The Kier molecular flexibility index (Phi) is 8.07. The van der Waals surface area contributed by atoms with E-state index in [0.29, 0.717) is 44.1 Å². The third-order valence-electron chi connectivity index (χ3n) is 8.81. The highest BCUT2D eigenvalue weighted by molar-refractivity contribution is 5.77. The number of carboxylic acid groups (broad SMARTS) is 1. The van der Waals surface area contributed by atoms with Gasteiger partial charge in [0, 0.05) is 50.1 Å². The maximum Gasteiger partial charge on any atom is 0.416 e. The van der Waals surface area contributed by atoms with E-state index in [4.69, 9.17) is 24.7 Å². The van der Waals surface area contributed by atoms with Gasteiger partial charge >= 0.3 is 6.18 Å². The van der Waals surface area contributed by atoms with Crippen LogP contribution in [0, 0.1) is 12.3 Å². The Bertz CT molecular complexity index is 1620. The van der Waals surface area contributed by atoms with Crippen molar-refractivity contribution in [2.45, 2.75) is 45.0 Å². The monoisotopic (exact) mass is 613 g/mol. The Balaban J connectivity index is 0.00000110. The van der Waals surface area contributed by atoms with Crippen molar-refractivity contribution in [2.75, 3.05) is 44.3 Å². The summed E-state index contributed by atoms with van der Waals surface area (Å²) in [6.07, 6.45) is 0.600. The molecule has 3 N–H and O–H groups in total. The fraction of sp³-hybridized carbons (Fsp3) is 0.467. The summed E-state index contributed by atoms with van der Waals surface area (Å²) in [5.74, 6) is 0.753. The van der Waals surface area contributed by atoms with Gasteiger partial charge in [0.25, 0.3) is 6.47 Å². The van der Waals surface area contributed by atoms with Crippen molar-refractivity contribution < 1.29 is 32.9 Å². The Morgan fingerprint density at radius 1 is 1.20 bits per heavy atom. The fourth-order valence-electron chi connectivity index (χ4n) is 6.74. The summed E-state index contributed by atoms with van der Waals surface area (Å²) < 4.78 is 48.8. The second kappa shape index (κ2) is 11.8. The predicted octanol–water partition coefficient (Wildman–Crippen LogP) is 3.53. The number of anilines is 1. The molecular weight excluding hydrogens is 579 g/mol. The first kappa shape index (κ1) is 30.0. The molecule has 7 rings (SSSR count). The second-order valence-corrected chi connectivity index (χ2v) is 11.8. The lowest BCUT2D eigenvalue weighted by Gasteiger charge is -2.57. The van der Waals surface area contributed by atoms with Crippen LogP contribution in [0.3, 0.4) is 0 Å². The molecule has 44 heavy (non-hydrogen) atoms. The molecule has 14 heteroatoms. The maximum atomic E-state index is 13.8. The van der Waals surface area contributed by atoms with E-state index in [9.17, 15) is 18.3 Å². The van der Waals surface area contributed by atoms with Crippen molar-refractivity contribution in [3.8, 4) is 11.3 Å². The van der Waals surface area contributed by atoms with Crippen LogP contribution in [-0.2, 0) is 28.7 Å². The van der Waals surface area contributed by atoms with Crippen molar-refractivity contribution >= 4 is 17.9 Å². The second-order valence-electron chi connectivity index (χ2n) is 11.8. The summed E-state index contributed by atoms with van der Waals surface area (Å²) in [6, 6.07) is 6.35. The van der Waals surface area contributed by atoms with Gasteiger partial charge in [-0.05, 0) is 43.0 Å². The van der Waals surface area contributed by atoms with Gasteiger partial charge in [0.05, 0.1) is 54.5 Å². The SMILES string of the molecule is Cc1c(Cc2c(CN3CC4(CC(O)C4)C3)nc3c(-c4cnc[nH]4)cc(N4CCOCC4)nn23)cccc1C(F)(F)F.O=CO. The molecule has 3 fully saturated rings. The van der Waals surface area contributed by atoms with Gasteiger partial charge in [-0.25, -0.2) is 14.5 Å². The number of fused-ring (bicyclic) bond motifs is 1. The molecule has 0 unspecified atom stereocenters. The van der Waals surface area contributed by atoms with Crippen LogP contribution in [0.4, 0.5) is 19.0 Å². The maximum absolute atomic E-state index is 13.8. The van der Waals surface area contributed by atoms with Crippen LogP contribution in [0.1, 0.15) is 40.9 Å². The highest BCUT2D eigenvalue weighted by Gasteiger charge is 2.51. The standard InChI is InChI=1S/C29H32F3N7O2.CH2O2/c1-18-19(3-2-4-22(18)29(30,31)32)9-25-24(14-37-15-28(16-37)11-20(40)12-28)35-27-21(23-13-33-17-34-23)10-26(36-39(25)27)38-5-7-41-8-6-38;2-1-3/h2-4,10,13,17,20,40H,5-9,11-12,14-16H2,1H3,(H,33,34);1H,(H,2,3). The lowest BCUT2D eigenvalue weighted by atomic mass is 9.62. The van der Waals surface area contributed by atoms with Crippen molar-refractivity contribution in [1.29, 1.82) is 0 Å². The van der Waals surface area contributed by atoms with Gasteiger partial charge in [0.2, 0.25) is 0 Å². The first-order valence-electron chi connectivity index (χ1n) is 14.5. The van der Waals surface area contributed by atoms with Gasteiger partial charge < -0.3 is 24.8 Å². The predicted molar refractivity (Wildman–Crippen MR) is 154 cm³/mol. The molecule has 2 saturated heterocycles. The number of halogens is 3. The quantitative estimate of drug-likeness (QED) is 0.280. The minimum Gasteiger partial charge on any atom is -0.483 e. The van der Waals surface area contributed by atoms with Gasteiger partial charge in [-0.2, -0.15) is 13.2 Å². The van der Waals surface area contributed by atoms with Gasteiger partial charge in [-0.15, -0.1) is 5.10 Å². The number of nitrogens with zero attached hydrogens (tertiary/aromatic N) is 6. The summed E-state index contributed by atoms with van der Waals surface area (Å²) in [6.45, 7) is 6.15. The molecule has 1 aromatic carbocycles. The number of nitrogens with one attached hydrogen (secondary N) is 1. The number of H-pyrrole nitrogens is 1. The lowest BCUT2D eigenvalue weighted by Crippen LogP contribution is -2.63. The molecule has 234 valence electrons. The number of hydrogen-bond acceptors (Lipinski definition) is 8. The number of carbonyl (C=O) groups is 1. The summed E-state index contributed by atoms with van der Waals surface area (Å²) in [7, 11) is 0. The molecule has 3 aliphatic rings. The van der Waals surface area contributed by atoms with Crippen LogP contribution in [0.5, 0.6) is 0 Å². The minimum atomic E-state index is -4.43. The molecule has 3 aromatic heterocycles. The average molecular weight is 614 g/mol. The van der Waals surface area contributed by atoms with Crippen molar-refractivity contribution in [3.63, 3.8) is 0 Å². The van der Waals surface area contributed by atoms with E-state index in [0.717, 1.165) is 60.5 Å². The van der Waals surface area contributed by atoms with Crippen LogP contribution in [0.2, 0.25) is 0 Å². The molecule has 0 bridgehead atoms. The number of likely N-dealkylation sites (tertiary alicyclic amines) is 1. The first-order valence-corrected chi connectivity index (χ1v) is 14.5. The number of morpholine rings is 1. The largest absolute Gasteiger partial charge is 0.483 e. The zero-order valence-electron chi connectivity index (χ0n) is 24.2. The number of benzene rings is 1. The van der Waals surface area contributed by atoms with Gasteiger partial charge in [0.15, 0.2) is 11.5 Å². The van der Waals surface area contributed by atoms with Crippen molar-refractivity contribution in [1.82, 2.24) is 29.5 Å². The number of aliphatic hydroxyl groups excluding tert-OH is 1. The lowest BCUT2D eigenvalue weighted by molar-refractivity contribution is -0.138. The molecule has 0 amide bonds. The molecule has 0 atom stereocenters. The third-order valence-corrected chi connectivity index (χ3v) is 8.81. The average Bonchev–Trinajstić information content (AvgIpc) is 3.61. The number of rotatable bonds is 6. The van der Waals surface area contributed by atoms with Crippen molar-refractivity contribution in [2.24, 2.45) is 5.41 Å². The first-order chi connectivity index (χ1) is 21.1. The Morgan fingerprint density at radius 3 is 2.57 bits per heavy atom. The van der Waals surface area contributed by atoms with E-state index >= 15 is 0 Å². The Labute approximate surface area is 251 Å². The van der Waals surface area contributed by atoms with Crippen LogP contribution in [-0.4, -0.2) is 91.6 Å². The van der Waals surface area contributed by atoms with Gasteiger partial charge in [-0.1, -0.05) is 12.1 Å². The van der Waals surface area contributed by atoms with Crippen LogP contribution in [0.15, 0.2) is 36.8 Å². The van der Waals surface area contributed by atoms with E-state index in [1.165, 1.54) is 13.0 Å². The summed E-state index contributed by atoms with van der Waals surface area (Å²) in [4.78, 5) is 25.3. The van der Waals surface area contributed by atoms with Crippen LogP contribution < -0.4 is 4.90 Å². The normalized spacial score (nSPS) is 18.5. The Morgan fingerprint density at radius 2 is 1.93 bits per heavy atom. The number of imidazole rings is 2. The van der Waals surface area contributed by atoms with Crippen LogP contribution >= 0.6 is 0 Å². The highest BCUT2D eigenvalue weighted by atomic mass is 19.4. The number of aromatic nitrogens is 5. The van der Waals surface area contributed by atoms with Crippen molar-refractivity contribution in [3.05, 3.63) is 64.9 Å². The minimum absolute atomic E-state index is 0.180. The molecule has 0 radical (unpaired) electrons. The van der Waals surface area contributed by atoms with E-state index in [2.05, 4.69) is 19.8 Å². The van der Waals surface area contributed by atoms with E-state index in [1.807, 2.05) is 10.6 Å². The summed E-state index contributed by atoms with van der Waals surface area (Å²) in [5.41, 5.74) is 4.17. The number of hydrogen-bond donors (Lipinski definition) is 3. The number of ether oxygens (including phenoxy) is 1. The van der Waals surface area contributed by atoms with Gasteiger partial charge in [0.1, 0.15) is 0 Å². The molecule has 11 nitrogen and oxygen atoms in total. The number of aliphatic hydroxyl groups is 1. The molecule has 1 aliphatic carbocycles. The Hall–Kier alpha value is -4.01. The third kappa shape index (κ3) is 5.76. The highest BCUT2D eigenvalue weighted by Crippen LogP contribution is 2.48.